The van der Waals surface area contributed by atoms with E-state index in [9.17, 15) is 4.39 Å². The Labute approximate surface area is 109 Å². The Morgan fingerprint density at radius 2 is 2.11 bits per heavy atom. The molecule has 3 rings (SSSR count). The molecular formula is C11H7BrFN5. The fourth-order valence-corrected chi connectivity index (χ4v) is 2.09. The molecule has 0 saturated carbocycles. The summed E-state index contributed by atoms with van der Waals surface area (Å²) in [6.45, 7) is 0. The topological polar surface area (TPSA) is 80.5 Å². The summed E-state index contributed by atoms with van der Waals surface area (Å²) in [7, 11) is 0. The Kier molecular flexibility index (Phi) is 2.48. The standard InChI is InChI=1S/C11H7BrFN5/c12-7-2-1-5(13)3-6(7)10-17-8-9(14)15-4-16-11(8)18-10/h1-4H,(H3,14,15,16,17,18). The molecule has 0 radical (unpaired) electrons. The van der Waals surface area contributed by atoms with Crippen LogP contribution in [0, 0.1) is 5.82 Å². The molecule has 0 amide bonds. The highest BCUT2D eigenvalue weighted by Crippen LogP contribution is 2.28. The molecule has 0 spiro atoms. The third kappa shape index (κ3) is 1.72. The van der Waals surface area contributed by atoms with Crippen LogP contribution in [0.25, 0.3) is 22.6 Å². The SMILES string of the molecule is Nc1ncnc2nc(-c3cc(F)ccc3Br)[nH]c12. The van der Waals surface area contributed by atoms with Crippen LogP contribution < -0.4 is 5.73 Å². The summed E-state index contributed by atoms with van der Waals surface area (Å²) in [4.78, 5) is 15.1. The Hall–Kier alpha value is -2.02. The third-order valence-corrected chi connectivity index (χ3v) is 3.19. The summed E-state index contributed by atoms with van der Waals surface area (Å²) in [5.74, 6) is 0.461. The maximum absolute atomic E-state index is 13.3. The largest absolute Gasteiger partial charge is 0.382 e. The van der Waals surface area contributed by atoms with Gasteiger partial charge >= 0.3 is 0 Å². The Bertz CT molecular complexity index is 739. The van der Waals surface area contributed by atoms with Gasteiger partial charge in [0.2, 0.25) is 0 Å². The number of nitrogen functional groups attached to an aromatic ring is 1. The van der Waals surface area contributed by atoms with Gasteiger partial charge in [0, 0.05) is 10.0 Å². The lowest BCUT2D eigenvalue weighted by Crippen LogP contribution is -1.91. The molecule has 7 heteroatoms. The zero-order valence-corrected chi connectivity index (χ0v) is 10.6. The molecule has 0 saturated heterocycles. The molecule has 2 aromatic heterocycles. The number of benzene rings is 1. The molecular weight excluding hydrogens is 301 g/mol. The average Bonchev–Trinajstić information content (AvgIpc) is 2.77. The van der Waals surface area contributed by atoms with Crippen LogP contribution in [0.1, 0.15) is 0 Å². The smallest absolute Gasteiger partial charge is 0.183 e. The van der Waals surface area contributed by atoms with Crippen molar-refractivity contribution < 1.29 is 4.39 Å². The summed E-state index contributed by atoms with van der Waals surface area (Å²) in [5, 5.41) is 0. The lowest BCUT2D eigenvalue weighted by Gasteiger charge is -2.00. The van der Waals surface area contributed by atoms with Crippen molar-refractivity contribution in [3.05, 3.63) is 34.8 Å². The van der Waals surface area contributed by atoms with E-state index in [1.165, 1.54) is 18.5 Å². The number of hydrogen-bond acceptors (Lipinski definition) is 4. The zero-order chi connectivity index (χ0) is 12.7. The fourth-order valence-electron chi connectivity index (χ4n) is 1.65. The van der Waals surface area contributed by atoms with Crippen LogP contribution in [0.2, 0.25) is 0 Å². The number of nitrogens with two attached hydrogens (primary N) is 1. The molecule has 3 aromatic rings. The van der Waals surface area contributed by atoms with Crippen molar-refractivity contribution in [3.63, 3.8) is 0 Å². The van der Waals surface area contributed by atoms with E-state index in [0.717, 1.165) is 4.47 Å². The van der Waals surface area contributed by atoms with E-state index in [0.29, 0.717) is 28.4 Å². The van der Waals surface area contributed by atoms with E-state index < -0.39 is 0 Å². The normalized spacial score (nSPS) is 11.0. The number of fused-ring (bicyclic) bond motifs is 1. The van der Waals surface area contributed by atoms with Crippen molar-refractivity contribution >= 4 is 32.9 Å². The van der Waals surface area contributed by atoms with Crippen molar-refractivity contribution in [2.75, 3.05) is 5.73 Å². The predicted molar refractivity (Wildman–Crippen MR) is 69.2 cm³/mol. The lowest BCUT2D eigenvalue weighted by molar-refractivity contribution is 0.628. The van der Waals surface area contributed by atoms with Crippen LogP contribution in [-0.4, -0.2) is 19.9 Å². The van der Waals surface area contributed by atoms with E-state index in [1.807, 2.05) is 0 Å². The molecule has 90 valence electrons. The molecule has 0 fully saturated rings. The minimum Gasteiger partial charge on any atom is -0.382 e. The van der Waals surface area contributed by atoms with Gasteiger partial charge in [-0.15, -0.1) is 0 Å². The van der Waals surface area contributed by atoms with Crippen LogP contribution in [0.3, 0.4) is 0 Å². The summed E-state index contributed by atoms with van der Waals surface area (Å²) in [6.07, 6.45) is 1.34. The molecule has 1 aromatic carbocycles. The highest BCUT2D eigenvalue weighted by molar-refractivity contribution is 9.10. The van der Waals surface area contributed by atoms with E-state index in [4.69, 9.17) is 5.73 Å². The highest BCUT2D eigenvalue weighted by atomic mass is 79.9. The van der Waals surface area contributed by atoms with Gasteiger partial charge in [0.1, 0.15) is 23.5 Å². The number of anilines is 1. The maximum Gasteiger partial charge on any atom is 0.183 e. The van der Waals surface area contributed by atoms with Gasteiger partial charge in [0.15, 0.2) is 11.5 Å². The molecule has 2 heterocycles. The van der Waals surface area contributed by atoms with E-state index in [1.54, 1.807) is 6.07 Å². The first-order valence-corrected chi connectivity index (χ1v) is 5.86. The molecule has 0 aliphatic heterocycles. The van der Waals surface area contributed by atoms with Crippen molar-refractivity contribution in [3.8, 4) is 11.4 Å². The molecule has 0 aliphatic carbocycles. The molecule has 3 N–H and O–H groups in total. The van der Waals surface area contributed by atoms with Crippen LogP contribution >= 0.6 is 15.9 Å². The van der Waals surface area contributed by atoms with Gasteiger partial charge in [-0.2, -0.15) is 0 Å². The van der Waals surface area contributed by atoms with Crippen LogP contribution in [0.15, 0.2) is 29.0 Å². The quantitative estimate of drug-likeness (QED) is 0.724. The molecule has 0 atom stereocenters. The second kappa shape index (κ2) is 4.02. The van der Waals surface area contributed by atoms with E-state index >= 15 is 0 Å². The molecule has 0 unspecified atom stereocenters. The highest BCUT2D eigenvalue weighted by Gasteiger charge is 2.12. The van der Waals surface area contributed by atoms with E-state index in [-0.39, 0.29) is 5.82 Å². The predicted octanol–water partition coefficient (Wildman–Crippen LogP) is 2.50. The number of halogens is 2. The Morgan fingerprint density at radius 3 is 2.89 bits per heavy atom. The Balaban J connectivity index is 2.26. The number of nitrogens with zero attached hydrogens (tertiary/aromatic N) is 3. The molecule has 0 aliphatic rings. The molecule has 0 bridgehead atoms. The minimum atomic E-state index is -0.340. The Morgan fingerprint density at radius 1 is 1.28 bits per heavy atom. The van der Waals surface area contributed by atoms with Crippen molar-refractivity contribution in [1.82, 2.24) is 19.9 Å². The molecule has 5 nitrogen and oxygen atoms in total. The minimum absolute atomic E-state index is 0.311. The second-order valence-corrected chi connectivity index (χ2v) is 4.52. The first-order chi connectivity index (χ1) is 8.65. The summed E-state index contributed by atoms with van der Waals surface area (Å²) >= 11 is 3.35. The van der Waals surface area contributed by atoms with Gasteiger partial charge in [0.05, 0.1) is 0 Å². The molecule has 18 heavy (non-hydrogen) atoms. The number of aromatic amines is 1. The zero-order valence-electron chi connectivity index (χ0n) is 8.98. The van der Waals surface area contributed by atoms with Gasteiger partial charge in [0.25, 0.3) is 0 Å². The number of rotatable bonds is 1. The van der Waals surface area contributed by atoms with Gasteiger partial charge in [-0.1, -0.05) is 15.9 Å². The van der Waals surface area contributed by atoms with Gasteiger partial charge < -0.3 is 10.7 Å². The van der Waals surface area contributed by atoms with Crippen LogP contribution in [0.5, 0.6) is 0 Å². The number of hydrogen-bond donors (Lipinski definition) is 2. The lowest BCUT2D eigenvalue weighted by atomic mass is 10.2. The van der Waals surface area contributed by atoms with E-state index in [2.05, 4.69) is 35.9 Å². The first kappa shape index (κ1) is 11.1. The number of imidazole rings is 1. The van der Waals surface area contributed by atoms with Gasteiger partial charge in [-0.3, -0.25) is 0 Å². The van der Waals surface area contributed by atoms with Gasteiger partial charge in [-0.05, 0) is 18.2 Å². The van der Waals surface area contributed by atoms with Crippen molar-refractivity contribution in [2.24, 2.45) is 0 Å². The number of H-pyrrole nitrogens is 1. The fraction of sp³-hybridized carbons (Fsp3) is 0. The van der Waals surface area contributed by atoms with Gasteiger partial charge in [-0.25, -0.2) is 19.3 Å². The summed E-state index contributed by atoms with van der Waals surface area (Å²) in [6, 6.07) is 4.36. The monoisotopic (exact) mass is 307 g/mol. The maximum atomic E-state index is 13.3. The number of nitrogens with one attached hydrogen (secondary N) is 1. The second-order valence-electron chi connectivity index (χ2n) is 3.67. The average molecular weight is 308 g/mol. The third-order valence-electron chi connectivity index (χ3n) is 2.50. The number of aromatic nitrogens is 4. The summed E-state index contributed by atoms with van der Waals surface area (Å²) < 4.78 is 14.0. The van der Waals surface area contributed by atoms with Crippen molar-refractivity contribution in [2.45, 2.75) is 0 Å². The first-order valence-electron chi connectivity index (χ1n) is 5.07. The van der Waals surface area contributed by atoms with Crippen LogP contribution in [0.4, 0.5) is 10.2 Å². The summed E-state index contributed by atoms with van der Waals surface area (Å²) in [5.41, 5.74) is 7.31. The van der Waals surface area contributed by atoms with Crippen molar-refractivity contribution in [1.29, 1.82) is 0 Å². The van der Waals surface area contributed by atoms with Crippen LogP contribution in [-0.2, 0) is 0 Å².